The maximum atomic E-state index is 8.77. The van der Waals surface area contributed by atoms with Crippen LogP contribution >= 0.6 is 0 Å². The van der Waals surface area contributed by atoms with Crippen molar-refractivity contribution in [1.82, 2.24) is 0 Å². The summed E-state index contributed by atoms with van der Waals surface area (Å²) < 4.78 is 0. The maximum absolute atomic E-state index is 8.77. The molecule has 2 heteroatoms. The highest BCUT2D eigenvalue weighted by molar-refractivity contribution is 5.93. The minimum absolute atomic E-state index is 0.0698. The molecular weight excluding hydrogens is 148 g/mol. The van der Waals surface area contributed by atoms with E-state index in [4.69, 9.17) is 10.7 Å². The first kappa shape index (κ1) is 9.25. The van der Waals surface area contributed by atoms with E-state index in [-0.39, 0.29) is 11.3 Å². The van der Waals surface area contributed by atoms with Gasteiger partial charge >= 0.3 is 0 Å². The standard InChI is InChI=1S/C10H16N2/c1-3-10(4-2)6-5-8(7-11)9(10)12/h8,12H,3-6H2,1-2H3. The Labute approximate surface area is 74.1 Å². The van der Waals surface area contributed by atoms with E-state index in [0.29, 0.717) is 5.71 Å². The third kappa shape index (κ3) is 1.14. The molecule has 1 N–H and O–H groups in total. The molecule has 12 heavy (non-hydrogen) atoms. The summed E-state index contributed by atoms with van der Waals surface area (Å²) in [6.45, 7) is 4.25. The summed E-state index contributed by atoms with van der Waals surface area (Å²) in [4.78, 5) is 0. The Morgan fingerprint density at radius 1 is 1.58 bits per heavy atom. The molecule has 0 amide bonds. The van der Waals surface area contributed by atoms with E-state index in [2.05, 4.69) is 19.9 Å². The molecule has 0 aromatic carbocycles. The lowest BCUT2D eigenvalue weighted by atomic mass is 9.78. The molecule has 0 aliphatic heterocycles. The summed E-state index contributed by atoms with van der Waals surface area (Å²) in [5.41, 5.74) is 0.760. The highest BCUT2D eigenvalue weighted by Gasteiger charge is 2.41. The van der Waals surface area contributed by atoms with Crippen LogP contribution in [0.3, 0.4) is 0 Å². The molecule has 1 atom stereocenters. The van der Waals surface area contributed by atoms with Gasteiger partial charge in [-0.15, -0.1) is 0 Å². The number of rotatable bonds is 2. The van der Waals surface area contributed by atoms with Gasteiger partial charge in [-0.2, -0.15) is 5.26 Å². The summed E-state index contributed by atoms with van der Waals surface area (Å²) >= 11 is 0. The van der Waals surface area contributed by atoms with Gasteiger partial charge in [-0.25, -0.2) is 0 Å². The van der Waals surface area contributed by atoms with Gasteiger partial charge in [-0.3, -0.25) is 0 Å². The van der Waals surface area contributed by atoms with Crippen LogP contribution in [0.5, 0.6) is 0 Å². The second-order valence-electron chi connectivity index (χ2n) is 3.62. The van der Waals surface area contributed by atoms with Gasteiger partial charge in [0.2, 0.25) is 0 Å². The second kappa shape index (κ2) is 3.26. The first-order valence-corrected chi connectivity index (χ1v) is 4.68. The summed E-state index contributed by atoms with van der Waals surface area (Å²) in [6, 6.07) is 2.21. The molecule has 1 aliphatic carbocycles. The smallest absolute Gasteiger partial charge is 0.0844 e. The molecule has 1 aliphatic rings. The summed E-state index contributed by atoms with van der Waals surface area (Å²) in [6.07, 6.45) is 3.97. The highest BCUT2D eigenvalue weighted by atomic mass is 14.6. The number of nitrogens with one attached hydrogen (secondary N) is 1. The first-order chi connectivity index (χ1) is 5.70. The van der Waals surface area contributed by atoms with Crippen molar-refractivity contribution in [3.8, 4) is 6.07 Å². The van der Waals surface area contributed by atoms with Crippen LogP contribution in [0.25, 0.3) is 0 Å². The van der Waals surface area contributed by atoms with Crippen molar-refractivity contribution < 1.29 is 0 Å². The Hall–Kier alpha value is -0.840. The molecule has 0 bridgehead atoms. The molecular formula is C10H16N2. The number of nitrogens with zero attached hydrogens (tertiary/aromatic N) is 1. The van der Waals surface area contributed by atoms with Crippen LogP contribution in [-0.2, 0) is 0 Å². The first-order valence-electron chi connectivity index (χ1n) is 4.68. The van der Waals surface area contributed by atoms with Crippen molar-refractivity contribution >= 4 is 5.71 Å². The fraction of sp³-hybridized carbons (Fsp3) is 0.800. The molecule has 0 heterocycles. The van der Waals surface area contributed by atoms with Crippen LogP contribution in [0.1, 0.15) is 39.5 Å². The van der Waals surface area contributed by atoms with E-state index < -0.39 is 0 Å². The number of nitriles is 1. The molecule has 0 saturated heterocycles. The predicted molar refractivity (Wildman–Crippen MR) is 49.1 cm³/mol. The Kier molecular flexibility index (Phi) is 2.52. The minimum Gasteiger partial charge on any atom is -0.308 e. The Morgan fingerprint density at radius 3 is 2.42 bits per heavy atom. The maximum Gasteiger partial charge on any atom is 0.0844 e. The van der Waals surface area contributed by atoms with Gasteiger partial charge in [0.15, 0.2) is 0 Å². The van der Waals surface area contributed by atoms with E-state index in [0.717, 1.165) is 25.7 Å². The van der Waals surface area contributed by atoms with Gasteiger partial charge in [0, 0.05) is 11.1 Å². The molecule has 0 aromatic rings. The van der Waals surface area contributed by atoms with Crippen LogP contribution in [0.15, 0.2) is 0 Å². The van der Waals surface area contributed by atoms with E-state index in [1.807, 2.05) is 0 Å². The van der Waals surface area contributed by atoms with Crippen LogP contribution in [0, 0.1) is 28.1 Å². The molecule has 1 saturated carbocycles. The lowest BCUT2D eigenvalue weighted by Crippen LogP contribution is -2.26. The topological polar surface area (TPSA) is 47.6 Å². The quantitative estimate of drug-likeness (QED) is 0.670. The molecule has 0 aromatic heterocycles. The van der Waals surface area contributed by atoms with E-state index >= 15 is 0 Å². The SMILES string of the molecule is CCC1(CC)CCC(C#N)C1=N. The normalized spacial score (nSPS) is 27.1. The third-order valence-corrected chi connectivity index (χ3v) is 3.34. The largest absolute Gasteiger partial charge is 0.308 e. The lowest BCUT2D eigenvalue weighted by molar-refractivity contribution is 0.381. The van der Waals surface area contributed by atoms with Gasteiger partial charge in [-0.1, -0.05) is 13.8 Å². The monoisotopic (exact) mass is 164 g/mol. The van der Waals surface area contributed by atoms with E-state index in [1.165, 1.54) is 0 Å². The second-order valence-corrected chi connectivity index (χ2v) is 3.62. The zero-order valence-corrected chi connectivity index (χ0v) is 7.85. The van der Waals surface area contributed by atoms with Gasteiger partial charge in [0.05, 0.1) is 12.0 Å². The molecule has 1 unspecified atom stereocenters. The summed E-state index contributed by atoms with van der Waals surface area (Å²) in [7, 11) is 0. The van der Waals surface area contributed by atoms with Crippen molar-refractivity contribution in [1.29, 1.82) is 10.7 Å². The van der Waals surface area contributed by atoms with Crippen molar-refractivity contribution in [2.24, 2.45) is 11.3 Å². The molecule has 1 fully saturated rings. The molecule has 1 rings (SSSR count). The number of hydrogen-bond donors (Lipinski definition) is 1. The van der Waals surface area contributed by atoms with Crippen LogP contribution in [0.2, 0.25) is 0 Å². The van der Waals surface area contributed by atoms with Crippen molar-refractivity contribution in [2.75, 3.05) is 0 Å². The predicted octanol–water partition coefficient (Wildman–Crippen LogP) is 2.75. The van der Waals surface area contributed by atoms with Gasteiger partial charge in [-0.05, 0) is 25.7 Å². The molecule has 2 nitrogen and oxygen atoms in total. The Morgan fingerprint density at radius 2 is 2.17 bits per heavy atom. The Balaban J connectivity index is 2.84. The van der Waals surface area contributed by atoms with Crippen molar-refractivity contribution in [3.05, 3.63) is 0 Å². The average Bonchev–Trinajstić information content (AvgIpc) is 2.43. The van der Waals surface area contributed by atoms with E-state index in [1.54, 1.807) is 0 Å². The minimum atomic E-state index is -0.0927. The lowest BCUT2D eigenvalue weighted by Gasteiger charge is -2.26. The van der Waals surface area contributed by atoms with Gasteiger partial charge < -0.3 is 5.41 Å². The van der Waals surface area contributed by atoms with Crippen LogP contribution < -0.4 is 0 Å². The van der Waals surface area contributed by atoms with E-state index in [9.17, 15) is 0 Å². The van der Waals surface area contributed by atoms with Crippen LogP contribution in [0.4, 0.5) is 0 Å². The van der Waals surface area contributed by atoms with Crippen LogP contribution in [-0.4, -0.2) is 5.71 Å². The van der Waals surface area contributed by atoms with Gasteiger partial charge in [0.1, 0.15) is 0 Å². The third-order valence-electron chi connectivity index (χ3n) is 3.34. The zero-order valence-electron chi connectivity index (χ0n) is 7.85. The fourth-order valence-electron chi connectivity index (χ4n) is 2.18. The molecule has 0 spiro atoms. The zero-order chi connectivity index (χ0) is 9.19. The Bertz CT molecular complexity index is 220. The summed E-state index contributed by atoms with van der Waals surface area (Å²) in [5.74, 6) is -0.0927. The highest BCUT2D eigenvalue weighted by Crippen LogP contribution is 2.43. The molecule has 0 radical (unpaired) electrons. The fourth-order valence-corrected chi connectivity index (χ4v) is 2.18. The molecule has 66 valence electrons. The summed E-state index contributed by atoms with van der Waals surface area (Å²) in [5, 5.41) is 16.7. The van der Waals surface area contributed by atoms with Gasteiger partial charge in [0.25, 0.3) is 0 Å². The van der Waals surface area contributed by atoms with Crippen molar-refractivity contribution in [3.63, 3.8) is 0 Å². The van der Waals surface area contributed by atoms with Crippen molar-refractivity contribution in [2.45, 2.75) is 39.5 Å². The number of hydrogen-bond acceptors (Lipinski definition) is 2. The average molecular weight is 164 g/mol.